The second kappa shape index (κ2) is 15.3. The Balaban J connectivity index is 1.01. The van der Waals surface area contributed by atoms with Crippen LogP contribution in [0.25, 0.3) is 0 Å². The van der Waals surface area contributed by atoms with E-state index in [1.165, 1.54) is 23.1 Å². The van der Waals surface area contributed by atoms with E-state index < -0.39 is 22.3 Å². The molecule has 286 valence electrons. The zero-order valence-electron chi connectivity index (χ0n) is 30.9. The monoisotopic (exact) mass is 762 g/mol. The van der Waals surface area contributed by atoms with Gasteiger partial charge in [-0.05, 0) is 60.0 Å². The Morgan fingerprint density at radius 1 is 0.895 bits per heavy atom. The molecular weight excluding hydrogens is 725 g/mol. The molecule has 5 aromatic carbocycles. The first-order valence-corrected chi connectivity index (χ1v) is 18.5. The van der Waals surface area contributed by atoms with Crippen LogP contribution in [0.4, 0.5) is 22.7 Å². The SMILES string of the molecule is C[C@H](/C=C/CCn1cc(C(CO)c2ccccc2)nn1)[C@@]1(O)C(=O)N(Cc2ccc(N3C(=O)c4ccccc4Oc4ccccc43)cc2)c2ccc([N+](=O)[O-])cc21. The average Bonchev–Trinajstić information content (AvgIpc) is 3.74. The maximum absolute atomic E-state index is 14.3. The lowest BCUT2D eigenvalue weighted by Crippen LogP contribution is -2.44. The molecule has 57 heavy (non-hydrogen) atoms. The van der Waals surface area contributed by atoms with Crippen LogP contribution in [0.5, 0.6) is 11.5 Å². The number of aliphatic hydroxyl groups is 2. The number of ether oxygens (including phenoxy) is 1. The van der Waals surface area contributed by atoms with Gasteiger partial charge in [0, 0.05) is 42.0 Å². The van der Waals surface area contributed by atoms with Gasteiger partial charge < -0.3 is 19.8 Å². The Hall–Kier alpha value is -6.96. The molecule has 1 unspecified atom stereocenters. The molecule has 0 saturated heterocycles. The number of hydrogen-bond acceptors (Lipinski definition) is 9. The van der Waals surface area contributed by atoms with Gasteiger partial charge in [0.1, 0.15) is 5.75 Å². The fraction of sp³-hybridized carbons (Fsp3) is 0.182. The van der Waals surface area contributed by atoms with Crippen LogP contribution in [0.1, 0.15) is 52.0 Å². The van der Waals surface area contributed by atoms with Gasteiger partial charge in [-0.15, -0.1) is 5.10 Å². The summed E-state index contributed by atoms with van der Waals surface area (Å²) in [5.41, 5.74) is 2.05. The zero-order valence-corrected chi connectivity index (χ0v) is 30.9. The summed E-state index contributed by atoms with van der Waals surface area (Å²) in [6.07, 6.45) is 5.85. The van der Waals surface area contributed by atoms with Crippen molar-refractivity contribution in [1.82, 2.24) is 15.0 Å². The minimum Gasteiger partial charge on any atom is -0.454 e. The van der Waals surface area contributed by atoms with Gasteiger partial charge in [-0.3, -0.25) is 29.3 Å². The molecular formula is C44H38N6O7. The first-order chi connectivity index (χ1) is 27.7. The Labute approximate surface area is 327 Å². The summed E-state index contributed by atoms with van der Waals surface area (Å²) in [5, 5.41) is 42.6. The summed E-state index contributed by atoms with van der Waals surface area (Å²) in [4.78, 5) is 42.5. The van der Waals surface area contributed by atoms with Gasteiger partial charge in [0.05, 0.1) is 46.6 Å². The van der Waals surface area contributed by atoms with Crippen molar-refractivity contribution in [3.63, 3.8) is 0 Å². The van der Waals surface area contributed by atoms with Crippen molar-refractivity contribution in [2.24, 2.45) is 5.92 Å². The summed E-state index contributed by atoms with van der Waals surface area (Å²) in [6, 6.07) is 35.2. The highest BCUT2D eigenvalue weighted by Crippen LogP contribution is 2.47. The molecule has 2 aliphatic heterocycles. The zero-order chi connectivity index (χ0) is 39.7. The number of hydrogen-bond donors (Lipinski definition) is 2. The standard InChI is InChI=1S/C44H38N6O7/c1-29(11-9-10-24-47-27-37(45-46-47)35(28-51)31-12-3-2-4-13-31)44(54)36-25-33(50(55)56)22-23-38(36)48(43(44)53)26-30-18-20-32(21-19-30)49-39-15-6-8-17-41(39)57-40-16-7-5-14-34(40)42(49)52/h2-9,11-23,25,27,29,35,51,54H,10,24,26,28H2,1H3/b11-9+/t29-,35?,44+/m1/s1. The van der Waals surface area contributed by atoms with Crippen molar-refractivity contribution in [3.05, 3.63) is 178 Å². The highest BCUT2D eigenvalue weighted by Gasteiger charge is 2.53. The number of benzene rings is 5. The van der Waals surface area contributed by atoms with Gasteiger partial charge in [-0.2, -0.15) is 0 Å². The van der Waals surface area contributed by atoms with Crippen LogP contribution in [0.3, 0.4) is 0 Å². The number of aryl methyl sites for hydroxylation is 1. The number of carbonyl (C=O) groups is 2. The van der Waals surface area contributed by atoms with E-state index in [9.17, 15) is 29.9 Å². The number of allylic oxidation sites excluding steroid dienone is 1. The molecule has 13 nitrogen and oxygen atoms in total. The molecule has 1 aromatic heterocycles. The molecule has 8 rings (SSSR count). The maximum Gasteiger partial charge on any atom is 0.269 e. The molecule has 0 spiro atoms. The lowest BCUT2D eigenvalue weighted by atomic mass is 9.82. The van der Waals surface area contributed by atoms with E-state index in [-0.39, 0.29) is 36.2 Å². The number of aromatic nitrogens is 3. The van der Waals surface area contributed by atoms with Crippen LogP contribution in [0.15, 0.2) is 140 Å². The fourth-order valence-electron chi connectivity index (χ4n) is 7.49. The van der Waals surface area contributed by atoms with Gasteiger partial charge in [-0.25, -0.2) is 0 Å². The van der Waals surface area contributed by atoms with Crippen molar-refractivity contribution in [1.29, 1.82) is 0 Å². The number of anilines is 3. The fourth-order valence-corrected chi connectivity index (χ4v) is 7.49. The summed E-state index contributed by atoms with van der Waals surface area (Å²) in [5.74, 6) is -0.958. The van der Waals surface area contributed by atoms with Gasteiger partial charge in [0.15, 0.2) is 11.4 Å². The second-order valence-corrected chi connectivity index (χ2v) is 14.0. The van der Waals surface area contributed by atoms with E-state index in [0.717, 1.165) is 5.56 Å². The van der Waals surface area contributed by atoms with Crippen molar-refractivity contribution >= 4 is 34.6 Å². The molecule has 6 aromatic rings. The number of nitro groups is 1. The van der Waals surface area contributed by atoms with Crippen LogP contribution >= 0.6 is 0 Å². The molecule has 0 bridgehead atoms. The summed E-state index contributed by atoms with van der Waals surface area (Å²) in [6.45, 7) is 2.10. The van der Waals surface area contributed by atoms with Crippen molar-refractivity contribution in [2.45, 2.75) is 38.0 Å². The summed E-state index contributed by atoms with van der Waals surface area (Å²) >= 11 is 0. The quantitative estimate of drug-likeness (QED) is 0.0734. The number of nitro benzene ring substituents is 1. The van der Waals surface area contributed by atoms with E-state index >= 15 is 0 Å². The number of rotatable bonds is 12. The topological polar surface area (TPSA) is 164 Å². The molecule has 13 heteroatoms. The number of nitrogens with zero attached hydrogens (tertiary/aromatic N) is 6. The molecule has 2 amide bonds. The number of aliphatic hydroxyl groups excluding tert-OH is 1. The smallest absolute Gasteiger partial charge is 0.269 e. The molecule has 0 fully saturated rings. The third-order valence-electron chi connectivity index (χ3n) is 10.6. The van der Waals surface area contributed by atoms with Crippen molar-refractivity contribution in [3.8, 4) is 11.5 Å². The first-order valence-electron chi connectivity index (χ1n) is 18.5. The van der Waals surface area contributed by atoms with Crippen LogP contribution in [0, 0.1) is 16.0 Å². The van der Waals surface area contributed by atoms with Crippen LogP contribution in [-0.2, 0) is 23.5 Å². The van der Waals surface area contributed by atoms with Gasteiger partial charge in [-0.1, -0.05) is 91.0 Å². The predicted molar refractivity (Wildman–Crippen MR) is 212 cm³/mol. The predicted octanol–water partition coefficient (Wildman–Crippen LogP) is 7.41. The first kappa shape index (κ1) is 37.0. The van der Waals surface area contributed by atoms with E-state index in [2.05, 4.69) is 10.3 Å². The highest BCUT2D eigenvalue weighted by atomic mass is 16.6. The molecule has 0 radical (unpaired) electrons. The molecule has 0 aliphatic carbocycles. The minimum atomic E-state index is -2.09. The lowest BCUT2D eigenvalue weighted by molar-refractivity contribution is -0.385. The van der Waals surface area contributed by atoms with Crippen LogP contribution in [-0.4, -0.2) is 48.6 Å². The maximum atomic E-state index is 14.3. The largest absolute Gasteiger partial charge is 0.454 e. The third kappa shape index (κ3) is 6.83. The van der Waals surface area contributed by atoms with E-state index in [4.69, 9.17) is 4.74 Å². The second-order valence-electron chi connectivity index (χ2n) is 14.0. The number of non-ortho nitro benzene ring substituents is 1. The normalized spacial score (nSPS) is 17.1. The van der Waals surface area contributed by atoms with Crippen LogP contribution in [0.2, 0.25) is 0 Å². The number of fused-ring (bicyclic) bond motifs is 3. The Morgan fingerprint density at radius 3 is 2.37 bits per heavy atom. The number of carbonyl (C=O) groups excluding carboxylic acids is 2. The number of amides is 2. The Morgan fingerprint density at radius 2 is 1.61 bits per heavy atom. The van der Waals surface area contributed by atoms with E-state index in [1.54, 1.807) is 77.3 Å². The average molecular weight is 763 g/mol. The lowest BCUT2D eigenvalue weighted by Gasteiger charge is -2.27. The molecule has 3 atom stereocenters. The van der Waals surface area contributed by atoms with Gasteiger partial charge in [0.2, 0.25) is 0 Å². The van der Waals surface area contributed by atoms with E-state index in [0.29, 0.717) is 58.3 Å². The molecule has 2 N–H and O–H groups in total. The molecule has 0 saturated carbocycles. The van der Waals surface area contributed by atoms with Gasteiger partial charge >= 0.3 is 0 Å². The van der Waals surface area contributed by atoms with Gasteiger partial charge in [0.25, 0.3) is 17.5 Å². The van der Waals surface area contributed by atoms with Crippen LogP contribution < -0.4 is 14.5 Å². The Kier molecular flexibility index (Phi) is 9.92. The number of para-hydroxylation sites is 3. The summed E-state index contributed by atoms with van der Waals surface area (Å²) in [7, 11) is 0. The van der Waals surface area contributed by atoms with Crippen molar-refractivity contribution < 1.29 is 29.5 Å². The van der Waals surface area contributed by atoms with E-state index in [1.807, 2.05) is 60.7 Å². The highest BCUT2D eigenvalue weighted by molar-refractivity contribution is 6.14. The Bertz CT molecular complexity index is 2500. The van der Waals surface area contributed by atoms with Crippen molar-refractivity contribution in [2.75, 3.05) is 16.4 Å². The molecule has 2 aliphatic rings. The summed E-state index contributed by atoms with van der Waals surface area (Å²) < 4.78 is 7.80. The third-order valence-corrected chi connectivity index (χ3v) is 10.6. The minimum absolute atomic E-state index is 0.0611. The molecule has 3 heterocycles.